The zero-order valence-corrected chi connectivity index (χ0v) is 19.3. The van der Waals surface area contributed by atoms with Crippen LogP contribution in [0.2, 0.25) is 0 Å². The Kier molecular flexibility index (Phi) is 6.95. The molecular formula is C27H24N2O3S. The maximum absolute atomic E-state index is 13.4. The van der Waals surface area contributed by atoms with E-state index in [1.165, 1.54) is 11.3 Å². The first-order chi connectivity index (χ1) is 16.1. The summed E-state index contributed by atoms with van der Waals surface area (Å²) < 4.78 is 7.42. The predicted octanol–water partition coefficient (Wildman–Crippen LogP) is 4.13. The number of rotatable bonds is 6. The van der Waals surface area contributed by atoms with Crippen molar-refractivity contribution in [3.05, 3.63) is 115 Å². The van der Waals surface area contributed by atoms with Crippen molar-refractivity contribution in [1.29, 1.82) is 0 Å². The number of allylic oxidation sites excluding steroid dienone is 3. The molecule has 33 heavy (non-hydrogen) atoms. The number of hydrogen-bond donors (Lipinski definition) is 0. The maximum atomic E-state index is 13.4. The van der Waals surface area contributed by atoms with Crippen molar-refractivity contribution < 1.29 is 9.53 Å². The minimum atomic E-state index is -0.597. The van der Waals surface area contributed by atoms with E-state index in [4.69, 9.17) is 4.74 Å². The summed E-state index contributed by atoms with van der Waals surface area (Å²) in [7, 11) is 0. The Labute approximate surface area is 196 Å². The maximum Gasteiger partial charge on any atom is 0.338 e. The number of fused-ring (bicyclic) bond motifs is 1. The van der Waals surface area contributed by atoms with E-state index in [0.29, 0.717) is 20.6 Å². The summed E-state index contributed by atoms with van der Waals surface area (Å²) in [5.74, 6) is -0.459. The van der Waals surface area contributed by atoms with Crippen LogP contribution in [0.5, 0.6) is 0 Å². The number of carbonyl (C=O) groups is 1. The summed E-state index contributed by atoms with van der Waals surface area (Å²) in [6, 6.07) is 19.0. The van der Waals surface area contributed by atoms with E-state index < -0.39 is 12.0 Å². The van der Waals surface area contributed by atoms with Gasteiger partial charge >= 0.3 is 5.97 Å². The van der Waals surface area contributed by atoms with E-state index in [-0.39, 0.29) is 12.2 Å². The average molecular weight is 457 g/mol. The van der Waals surface area contributed by atoms with Crippen LogP contribution in [0.15, 0.2) is 93.9 Å². The molecule has 0 saturated heterocycles. The van der Waals surface area contributed by atoms with E-state index in [2.05, 4.69) is 4.99 Å². The molecule has 4 rings (SSSR count). The van der Waals surface area contributed by atoms with Gasteiger partial charge in [0.1, 0.15) is 0 Å². The number of benzene rings is 2. The molecule has 1 aromatic heterocycles. The molecule has 0 aliphatic carbocycles. The third-order valence-corrected chi connectivity index (χ3v) is 6.17. The molecule has 2 aromatic carbocycles. The van der Waals surface area contributed by atoms with E-state index in [1.807, 2.05) is 85.0 Å². The molecule has 0 unspecified atom stereocenters. The van der Waals surface area contributed by atoms with Crippen molar-refractivity contribution in [3.8, 4) is 0 Å². The van der Waals surface area contributed by atoms with Crippen LogP contribution in [0.1, 0.15) is 31.0 Å². The SMILES string of the molecule is CCOC(=O)C1=C(C)N=c2s/c(=C/C=C\c3ccccc3)c(=O)n2[C@@H]1/C=C/c1ccccc1. The van der Waals surface area contributed by atoms with Gasteiger partial charge in [-0.15, -0.1) is 0 Å². The summed E-state index contributed by atoms with van der Waals surface area (Å²) in [5, 5.41) is 0. The van der Waals surface area contributed by atoms with E-state index in [0.717, 1.165) is 11.1 Å². The Balaban J connectivity index is 1.79. The van der Waals surface area contributed by atoms with Crippen molar-refractivity contribution in [3.63, 3.8) is 0 Å². The number of aromatic nitrogens is 1. The second kappa shape index (κ2) is 10.2. The van der Waals surface area contributed by atoms with Crippen LogP contribution < -0.4 is 14.9 Å². The molecule has 1 atom stereocenters. The van der Waals surface area contributed by atoms with E-state index in [1.54, 1.807) is 24.5 Å². The van der Waals surface area contributed by atoms with Gasteiger partial charge in [-0.3, -0.25) is 9.36 Å². The fourth-order valence-electron chi connectivity index (χ4n) is 3.61. The van der Waals surface area contributed by atoms with Crippen LogP contribution in [-0.2, 0) is 9.53 Å². The third kappa shape index (κ3) is 5.02. The molecule has 0 saturated carbocycles. The van der Waals surface area contributed by atoms with Gasteiger partial charge in [0.2, 0.25) is 0 Å². The lowest BCUT2D eigenvalue weighted by atomic mass is 10.0. The van der Waals surface area contributed by atoms with Gasteiger partial charge in [-0.05, 0) is 31.1 Å². The molecule has 166 valence electrons. The van der Waals surface area contributed by atoms with Crippen LogP contribution >= 0.6 is 11.3 Å². The summed E-state index contributed by atoms with van der Waals surface area (Å²) in [6.07, 6.45) is 9.37. The van der Waals surface area contributed by atoms with Crippen molar-refractivity contribution in [1.82, 2.24) is 4.57 Å². The molecule has 0 radical (unpaired) electrons. The van der Waals surface area contributed by atoms with Crippen LogP contribution in [0.25, 0.3) is 18.2 Å². The first-order valence-electron chi connectivity index (χ1n) is 10.7. The molecule has 1 aliphatic rings. The second-order valence-corrected chi connectivity index (χ2v) is 8.42. The minimum absolute atomic E-state index is 0.187. The normalized spacial score (nSPS) is 16.3. The Hall–Kier alpha value is -3.77. The Morgan fingerprint density at radius 2 is 1.70 bits per heavy atom. The Morgan fingerprint density at radius 1 is 1.06 bits per heavy atom. The molecule has 0 bridgehead atoms. The number of carbonyl (C=O) groups excluding carboxylic acids is 1. The van der Waals surface area contributed by atoms with Crippen molar-refractivity contribution in [2.75, 3.05) is 6.61 Å². The number of thiazole rings is 1. The second-order valence-electron chi connectivity index (χ2n) is 7.41. The van der Waals surface area contributed by atoms with Gasteiger partial charge < -0.3 is 4.74 Å². The van der Waals surface area contributed by atoms with Gasteiger partial charge in [-0.2, -0.15) is 0 Å². The molecule has 3 aromatic rings. The molecule has 0 N–H and O–H groups in total. The van der Waals surface area contributed by atoms with Gasteiger partial charge in [0, 0.05) is 0 Å². The lowest BCUT2D eigenvalue weighted by Gasteiger charge is -2.21. The average Bonchev–Trinajstić information content (AvgIpc) is 3.13. The topological polar surface area (TPSA) is 60.7 Å². The molecular weight excluding hydrogens is 432 g/mol. The fraction of sp³-hybridized carbons (Fsp3) is 0.148. The lowest BCUT2D eigenvalue weighted by Crippen LogP contribution is -2.38. The fourth-order valence-corrected chi connectivity index (χ4v) is 4.61. The van der Waals surface area contributed by atoms with Crippen LogP contribution in [-0.4, -0.2) is 17.1 Å². The van der Waals surface area contributed by atoms with Gasteiger partial charge in [0.15, 0.2) is 4.80 Å². The number of esters is 1. The van der Waals surface area contributed by atoms with Crippen LogP contribution in [0.4, 0.5) is 0 Å². The quantitative estimate of drug-likeness (QED) is 0.524. The van der Waals surface area contributed by atoms with Gasteiger partial charge in [0.05, 0.1) is 28.5 Å². The smallest absolute Gasteiger partial charge is 0.338 e. The van der Waals surface area contributed by atoms with Crippen LogP contribution in [0, 0.1) is 0 Å². The third-order valence-electron chi connectivity index (χ3n) is 5.17. The highest BCUT2D eigenvalue weighted by Gasteiger charge is 2.30. The highest BCUT2D eigenvalue weighted by Crippen LogP contribution is 2.26. The van der Waals surface area contributed by atoms with E-state index >= 15 is 0 Å². The number of nitrogens with zero attached hydrogens (tertiary/aromatic N) is 2. The van der Waals surface area contributed by atoms with Gasteiger partial charge in [-0.1, -0.05) is 96.3 Å². The molecule has 6 heteroatoms. The highest BCUT2D eigenvalue weighted by molar-refractivity contribution is 7.07. The first-order valence-corrected chi connectivity index (χ1v) is 11.5. The van der Waals surface area contributed by atoms with E-state index in [9.17, 15) is 9.59 Å². The predicted molar refractivity (Wildman–Crippen MR) is 133 cm³/mol. The Morgan fingerprint density at radius 3 is 2.33 bits per heavy atom. The van der Waals surface area contributed by atoms with Crippen LogP contribution in [0.3, 0.4) is 0 Å². The first kappa shape index (κ1) is 22.4. The zero-order chi connectivity index (χ0) is 23.2. The summed E-state index contributed by atoms with van der Waals surface area (Å²) in [4.78, 5) is 31.3. The zero-order valence-electron chi connectivity index (χ0n) is 18.5. The molecule has 2 heterocycles. The van der Waals surface area contributed by atoms with Gasteiger partial charge in [-0.25, -0.2) is 9.79 Å². The largest absolute Gasteiger partial charge is 0.463 e. The standard InChI is InChI=1S/C27H24N2O3S/c1-3-32-26(31)24-19(2)28-27-29(22(24)18-17-21-13-8-5-9-14-21)25(30)23(33-27)16-10-15-20-11-6-4-7-12-20/h4-18,22H,3H2,1-2H3/b15-10-,18-17+,23-16+/t22-/m1/s1. The summed E-state index contributed by atoms with van der Waals surface area (Å²) in [6.45, 7) is 3.79. The summed E-state index contributed by atoms with van der Waals surface area (Å²) in [5.41, 5.74) is 2.77. The highest BCUT2D eigenvalue weighted by atomic mass is 32.1. The molecule has 1 aliphatic heterocycles. The summed E-state index contributed by atoms with van der Waals surface area (Å²) >= 11 is 1.31. The minimum Gasteiger partial charge on any atom is -0.463 e. The number of ether oxygens (including phenoxy) is 1. The molecule has 0 amide bonds. The van der Waals surface area contributed by atoms with Gasteiger partial charge in [0.25, 0.3) is 5.56 Å². The lowest BCUT2D eigenvalue weighted by molar-refractivity contribution is -0.139. The number of hydrogen-bond acceptors (Lipinski definition) is 5. The molecule has 0 spiro atoms. The van der Waals surface area contributed by atoms with Crippen molar-refractivity contribution in [2.45, 2.75) is 19.9 Å². The Bertz CT molecular complexity index is 1410. The van der Waals surface area contributed by atoms with Crippen molar-refractivity contribution in [2.24, 2.45) is 4.99 Å². The monoisotopic (exact) mass is 456 g/mol. The van der Waals surface area contributed by atoms with Crippen molar-refractivity contribution >= 4 is 35.5 Å². The molecule has 5 nitrogen and oxygen atoms in total. The molecule has 0 fully saturated rings.